The highest BCUT2D eigenvalue weighted by molar-refractivity contribution is 5.96. The SMILES string of the molecule is COc1ccc([C@H](C(=O)NC2CCCCC2)N(CCc2ccccc2C)C(=O)c2ccco2)cc1. The number of nitrogens with zero attached hydrogens (tertiary/aromatic N) is 1. The second kappa shape index (κ2) is 11.7. The molecule has 184 valence electrons. The van der Waals surface area contributed by atoms with Crippen molar-refractivity contribution in [2.45, 2.75) is 57.5 Å². The molecule has 1 saturated carbocycles. The van der Waals surface area contributed by atoms with Crippen LogP contribution in [0.15, 0.2) is 71.3 Å². The summed E-state index contributed by atoms with van der Waals surface area (Å²) < 4.78 is 10.8. The Morgan fingerprint density at radius 2 is 1.77 bits per heavy atom. The lowest BCUT2D eigenvalue weighted by Crippen LogP contribution is -2.47. The van der Waals surface area contributed by atoms with Gasteiger partial charge in [-0.15, -0.1) is 0 Å². The third-order valence-electron chi connectivity index (χ3n) is 6.82. The number of rotatable bonds is 9. The number of methoxy groups -OCH3 is 1. The smallest absolute Gasteiger partial charge is 0.290 e. The van der Waals surface area contributed by atoms with Crippen molar-refractivity contribution < 1.29 is 18.7 Å². The third kappa shape index (κ3) is 6.13. The summed E-state index contributed by atoms with van der Waals surface area (Å²) in [4.78, 5) is 29.1. The van der Waals surface area contributed by atoms with Crippen molar-refractivity contribution in [3.8, 4) is 5.75 Å². The maximum absolute atomic E-state index is 13.8. The lowest BCUT2D eigenvalue weighted by molar-refractivity contribution is -0.126. The number of furan rings is 1. The van der Waals surface area contributed by atoms with Gasteiger partial charge in [0.05, 0.1) is 13.4 Å². The van der Waals surface area contributed by atoms with Crippen molar-refractivity contribution in [2.24, 2.45) is 0 Å². The van der Waals surface area contributed by atoms with Crippen LogP contribution < -0.4 is 10.1 Å². The van der Waals surface area contributed by atoms with E-state index < -0.39 is 6.04 Å². The molecule has 1 heterocycles. The van der Waals surface area contributed by atoms with Gasteiger partial charge in [0, 0.05) is 12.6 Å². The molecule has 2 aromatic carbocycles. The maximum Gasteiger partial charge on any atom is 0.290 e. The first-order valence-corrected chi connectivity index (χ1v) is 12.4. The van der Waals surface area contributed by atoms with Crippen LogP contribution in [0.3, 0.4) is 0 Å². The van der Waals surface area contributed by atoms with Crippen molar-refractivity contribution in [2.75, 3.05) is 13.7 Å². The molecule has 4 rings (SSSR count). The fourth-order valence-corrected chi connectivity index (χ4v) is 4.81. The van der Waals surface area contributed by atoms with Crippen molar-refractivity contribution in [1.82, 2.24) is 10.2 Å². The molecule has 3 aromatic rings. The monoisotopic (exact) mass is 474 g/mol. The predicted octanol–water partition coefficient (Wildman–Crippen LogP) is 5.47. The number of carbonyl (C=O) groups excluding carboxylic acids is 2. The average Bonchev–Trinajstić information content (AvgIpc) is 3.43. The van der Waals surface area contributed by atoms with Gasteiger partial charge in [-0.05, 0) is 67.1 Å². The molecule has 0 aliphatic heterocycles. The van der Waals surface area contributed by atoms with Gasteiger partial charge in [-0.25, -0.2) is 0 Å². The molecule has 1 fully saturated rings. The van der Waals surface area contributed by atoms with E-state index in [0.29, 0.717) is 18.7 Å². The summed E-state index contributed by atoms with van der Waals surface area (Å²) in [7, 11) is 1.61. The molecule has 0 spiro atoms. The van der Waals surface area contributed by atoms with Crippen LogP contribution in [-0.4, -0.2) is 36.4 Å². The Hall–Kier alpha value is -3.54. The van der Waals surface area contributed by atoms with E-state index in [9.17, 15) is 9.59 Å². The lowest BCUT2D eigenvalue weighted by atomic mass is 9.94. The van der Waals surface area contributed by atoms with Crippen LogP contribution in [0.4, 0.5) is 0 Å². The Bertz CT molecular complexity index is 1100. The molecule has 6 heteroatoms. The van der Waals surface area contributed by atoms with Gasteiger partial charge in [0.1, 0.15) is 11.8 Å². The number of amides is 2. The first kappa shape index (κ1) is 24.6. The minimum atomic E-state index is -0.788. The molecule has 1 aliphatic carbocycles. The predicted molar refractivity (Wildman–Crippen MR) is 135 cm³/mol. The molecular formula is C29H34N2O4. The van der Waals surface area contributed by atoms with Crippen molar-refractivity contribution in [3.05, 3.63) is 89.4 Å². The Morgan fingerprint density at radius 3 is 2.43 bits per heavy atom. The first-order chi connectivity index (χ1) is 17.1. The number of ether oxygens (including phenoxy) is 1. The van der Waals surface area contributed by atoms with Gasteiger partial charge < -0.3 is 19.4 Å². The van der Waals surface area contributed by atoms with Gasteiger partial charge in [-0.3, -0.25) is 9.59 Å². The zero-order valence-corrected chi connectivity index (χ0v) is 20.5. The van der Waals surface area contributed by atoms with Gasteiger partial charge in [-0.2, -0.15) is 0 Å². The Kier molecular flexibility index (Phi) is 8.24. The van der Waals surface area contributed by atoms with Crippen LogP contribution in [0.25, 0.3) is 0 Å². The summed E-state index contributed by atoms with van der Waals surface area (Å²) in [6.07, 6.45) is 7.47. The van der Waals surface area contributed by atoms with E-state index in [1.165, 1.54) is 12.7 Å². The highest BCUT2D eigenvalue weighted by Crippen LogP contribution is 2.28. The molecule has 0 bridgehead atoms. The quantitative estimate of drug-likeness (QED) is 0.446. The van der Waals surface area contributed by atoms with Gasteiger partial charge in [0.15, 0.2) is 5.76 Å². The summed E-state index contributed by atoms with van der Waals surface area (Å²) in [5, 5.41) is 3.24. The average molecular weight is 475 g/mol. The maximum atomic E-state index is 13.8. The Labute approximate surface area is 207 Å². The Balaban J connectivity index is 1.68. The molecule has 0 radical (unpaired) electrons. The second-order valence-electron chi connectivity index (χ2n) is 9.17. The van der Waals surface area contributed by atoms with E-state index in [0.717, 1.165) is 42.4 Å². The third-order valence-corrected chi connectivity index (χ3v) is 6.82. The number of nitrogens with one attached hydrogen (secondary N) is 1. The highest BCUT2D eigenvalue weighted by Gasteiger charge is 2.34. The minimum Gasteiger partial charge on any atom is -0.497 e. The highest BCUT2D eigenvalue weighted by atomic mass is 16.5. The van der Waals surface area contributed by atoms with Crippen molar-refractivity contribution in [1.29, 1.82) is 0 Å². The molecule has 6 nitrogen and oxygen atoms in total. The first-order valence-electron chi connectivity index (χ1n) is 12.4. The number of carbonyl (C=O) groups is 2. The van der Waals surface area contributed by atoms with Crippen LogP contribution >= 0.6 is 0 Å². The molecule has 1 aromatic heterocycles. The van der Waals surface area contributed by atoms with Gasteiger partial charge >= 0.3 is 0 Å². The number of benzene rings is 2. The zero-order chi connectivity index (χ0) is 24.6. The minimum absolute atomic E-state index is 0.133. The van der Waals surface area contributed by atoms with E-state index in [2.05, 4.69) is 24.4 Å². The number of hydrogen-bond donors (Lipinski definition) is 1. The topological polar surface area (TPSA) is 71.8 Å². The second-order valence-corrected chi connectivity index (χ2v) is 9.17. The van der Waals surface area contributed by atoms with Crippen molar-refractivity contribution in [3.63, 3.8) is 0 Å². The van der Waals surface area contributed by atoms with E-state index in [4.69, 9.17) is 9.15 Å². The van der Waals surface area contributed by atoms with E-state index in [1.54, 1.807) is 24.1 Å². The van der Waals surface area contributed by atoms with E-state index >= 15 is 0 Å². The van der Waals surface area contributed by atoms with Crippen LogP contribution in [0.1, 0.15) is 65.4 Å². The standard InChI is InChI=1S/C29H34N2O4/c1-21-9-6-7-10-22(21)18-19-31(29(33)26-13-8-20-35-26)27(23-14-16-25(34-2)17-15-23)28(32)30-24-11-4-3-5-12-24/h6-10,13-17,20,24,27H,3-5,11-12,18-19H2,1-2H3,(H,30,32)/t27-/m1/s1. The Morgan fingerprint density at radius 1 is 1.03 bits per heavy atom. The van der Waals surface area contributed by atoms with Gasteiger partial charge in [-0.1, -0.05) is 55.7 Å². The fraction of sp³-hybridized carbons (Fsp3) is 0.379. The van der Waals surface area contributed by atoms with Crippen LogP contribution in [0.2, 0.25) is 0 Å². The lowest BCUT2D eigenvalue weighted by Gasteiger charge is -2.33. The van der Waals surface area contributed by atoms with Crippen LogP contribution in [0, 0.1) is 6.92 Å². The molecular weight excluding hydrogens is 440 g/mol. The molecule has 0 unspecified atom stereocenters. The summed E-state index contributed by atoms with van der Waals surface area (Å²) in [5.41, 5.74) is 3.04. The van der Waals surface area contributed by atoms with Gasteiger partial charge in [0.2, 0.25) is 5.91 Å². The van der Waals surface area contributed by atoms with Crippen molar-refractivity contribution >= 4 is 11.8 Å². The van der Waals surface area contributed by atoms with Crippen LogP contribution in [-0.2, 0) is 11.2 Å². The van der Waals surface area contributed by atoms with E-state index in [1.807, 2.05) is 36.4 Å². The zero-order valence-electron chi connectivity index (χ0n) is 20.5. The summed E-state index contributed by atoms with van der Waals surface area (Å²) in [5.74, 6) is 0.456. The molecule has 35 heavy (non-hydrogen) atoms. The van der Waals surface area contributed by atoms with Gasteiger partial charge in [0.25, 0.3) is 5.91 Å². The summed E-state index contributed by atoms with van der Waals surface area (Å²) in [6.45, 7) is 2.43. The fourth-order valence-electron chi connectivity index (χ4n) is 4.81. The molecule has 1 aliphatic rings. The molecule has 2 amide bonds. The molecule has 0 saturated heterocycles. The summed E-state index contributed by atoms with van der Waals surface area (Å²) >= 11 is 0. The molecule has 1 atom stereocenters. The molecule has 1 N–H and O–H groups in total. The normalized spacial score (nSPS) is 14.8. The van der Waals surface area contributed by atoms with Crippen LogP contribution in [0.5, 0.6) is 5.75 Å². The number of aryl methyl sites for hydroxylation is 1. The number of hydrogen-bond acceptors (Lipinski definition) is 4. The van der Waals surface area contributed by atoms with E-state index in [-0.39, 0.29) is 23.6 Å². The summed E-state index contributed by atoms with van der Waals surface area (Å²) in [6, 6.07) is 18.2. The largest absolute Gasteiger partial charge is 0.497 e.